The van der Waals surface area contributed by atoms with Crippen molar-refractivity contribution in [3.63, 3.8) is 0 Å². The summed E-state index contributed by atoms with van der Waals surface area (Å²) in [4.78, 5) is 37.5. The Labute approximate surface area is 115 Å². The smallest absolute Gasteiger partial charge is 0.263 e. The van der Waals surface area contributed by atoms with Gasteiger partial charge in [0.05, 0.1) is 6.54 Å². The third-order valence-corrected chi connectivity index (χ3v) is 2.94. The number of carbonyl (C=O) groups excluding carboxylic acids is 3. The van der Waals surface area contributed by atoms with Crippen molar-refractivity contribution in [1.82, 2.24) is 30.0 Å². The Bertz CT molecular complexity index is 552. The van der Waals surface area contributed by atoms with Crippen LogP contribution in [0.2, 0.25) is 0 Å². The summed E-state index contributed by atoms with van der Waals surface area (Å²) in [5.41, 5.74) is 0. The second kappa shape index (κ2) is 5.35. The summed E-state index contributed by atoms with van der Waals surface area (Å²) in [6.07, 6.45) is 0.816. The minimum absolute atomic E-state index is 0.0976. The minimum Gasteiger partial charge on any atom is -0.263 e. The van der Waals surface area contributed by atoms with Gasteiger partial charge in [0.15, 0.2) is 5.82 Å². The molecule has 0 N–H and O–H groups in total. The van der Waals surface area contributed by atoms with Gasteiger partial charge in [-0.15, -0.1) is 5.10 Å². The van der Waals surface area contributed by atoms with Gasteiger partial charge in [0.25, 0.3) is 0 Å². The molecule has 0 radical (unpaired) electrons. The van der Waals surface area contributed by atoms with Crippen LogP contribution >= 0.6 is 0 Å². The second-order valence-corrected chi connectivity index (χ2v) is 4.76. The van der Waals surface area contributed by atoms with E-state index in [0.29, 0.717) is 12.4 Å². The van der Waals surface area contributed by atoms with Gasteiger partial charge >= 0.3 is 17.8 Å². The van der Waals surface area contributed by atoms with Crippen molar-refractivity contribution in [3.8, 4) is 0 Å². The monoisotopic (exact) mass is 280 g/mol. The lowest BCUT2D eigenvalue weighted by Crippen LogP contribution is -2.38. The molecule has 9 heteroatoms. The Kier molecular flexibility index (Phi) is 3.77. The molecule has 4 amide bonds. The van der Waals surface area contributed by atoms with Crippen LogP contribution in [0.5, 0.6) is 0 Å². The molecule has 9 nitrogen and oxygen atoms in total. The van der Waals surface area contributed by atoms with Crippen LogP contribution in [0.15, 0.2) is 0 Å². The van der Waals surface area contributed by atoms with E-state index < -0.39 is 17.8 Å². The van der Waals surface area contributed by atoms with Crippen molar-refractivity contribution >= 4 is 17.8 Å². The van der Waals surface area contributed by atoms with Gasteiger partial charge in [-0.1, -0.05) is 6.92 Å². The first-order valence-electron chi connectivity index (χ1n) is 6.41. The molecule has 1 aromatic rings. The number of carbonyl (C=O) groups is 3. The summed E-state index contributed by atoms with van der Waals surface area (Å²) < 4.78 is 1.52. The van der Waals surface area contributed by atoms with Gasteiger partial charge in [0, 0.05) is 12.6 Å². The molecule has 0 aliphatic carbocycles. The van der Waals surface area contributed by atoms with Gasteiger partial charge < -0.3 is 0 Å². The van der Waals surface area contributed by atoms with Crippen LogP contribution in [-0.2, 0) is 22.7 Å². The van der Waals surface area contributed by atoms with Crippen LogP contribution in [0.4, 0.5) is 4.79 Å². The summed E-state index contributed by atoms with van der Waals surface area (Å²) >= 11 is 0. The summed E-state index contributed by atoms with van der Waals surface area (Å²) in [6, 6.07) is -0.989. The first-order valence-corrected chi connectivity index (χ1v) is 6.41. The molecule has 0 saturated carbocycles. The molecule has 0 atom stereocenters. The van der Waals surface area contributed by atoms with E-state index in [1.165, 1.54) is 4.68 Å². The fourth-order valence-corrected chi connectivity index (χ4v) is 1.98. The highest BCUT2D eigenvalue weighted by atomic mass is 16.2. The number of urea groups is 1. The first-order chi connectivity index (χ1) is 9.47. The predicted molar refractivity (Wildman–Crippen MR) is 66.0 cm³/mol. The lowest BCUT2D eigenvalue weighted by Gasteiger charge is -2.18. The molecule has 1 aliphatic rings. The van der Waals surface area contributed by atoms with Crippen molar-refractivity contribution in [1.29, 1.82) is 0 Å². The Morgan fingerprint density at radius 2 is 1.85 bits per heavy atom. The molecule has 1 aromatic heterocycles. The third kappa shape index (κ3) is 2.26. The number of amides is 4. The maximum absolute atomic E-state index is 12.1. The maximum Gasteiger partial charge on any atom is 0.334 e. The summed E-state index contributed by atoms with van der Waals surface area (Å²) in [7, 11) is 0. The zero-order valence-electron chi connectivity index (χ0n) is 11.6. The van der Waals surface area contributed by atoms with E-state index in [1.807, 2.05) is 6.92 Å². The zero-order chi connectivity index (χ0) is 14.9. The van der Waals surface area contributed by atoms with Crippen LogP contribution in [0.1, 0.15) is 33.0 Å². The molecule has 1 saturated heterocycles. The molecule has 0 unspecified atom stereocenters. The molecule has 0 spiro atoms. The van der Waals surface area contributed by atoms with Crippen molar-refractivity contribution in [2.75, 3.05) is 0 Å². The molecule has 2 heterocycles. The van der Waals surface area contributed by atoms with Crippen LogP contribution in [0.3, 0.4) is 0 Å². The number of aromatic nitrogens is 4. The van der Waals surface area contributed by atoms with E-state index in [1.54, 1.807) is 13.8 Å². The SMILES string of the molecule is CCCn1nnnc1CN1C(=O)C(=O)N(C(C)C)C1=O. The quantitative estimate of drug-likeness (QED) is 0.546. The van der Waals surface area contributed by atoms with Gasteiger partial charge in [0.1, 0.15) is 0 Å². The van der Waals surface area contributed by atoms with Crippen LogP contribution < -0.4 is 0 Å². The number of hydrogen-bond acceptors (Lipinski definition) is 6. The summed E-state index contributed by atoms with van der Waals surface area (Å²) in [6.45, 7) is 5.79. The molecule has 20 heavy (non-hydrogen) atoms. The lowest BCUT2D eigenvalue weighted by molar-refractivity contribution is -0.144. The number of tetrazole rings is 1. The highest BCUT2D eigenvalue weighted by Crippen LogP contribution is 2.17. The Morgan fingerprint density at radius 1 is 1.15 bits per heavy atom. The van der Waals surface area contributed by atoms with Gasteiger partial charge in [-0.2, -0.15) is 0 Å². The van der Waals surface area contributed by atoms with Crippen molar-refractivity contribution < 1.29 is 14.4 Å². The van der Waals surface area contributed by atoms with Crippen LogP contribution in [-0.4, -0.2) is 53.9 Å². The van der Waals surface area contributed by atoms with Crippen LogP contribution in [0, 0.1) is 0 Å². The Morgan fingerprint density at radius 3 is 2.40 bits per heavy atom. The van der Waals surface area contributed by atoms with Gasteiger partial charge in [-0.25, -0.2) is 14.4 Å². The standard InChI is InChI=1S/C11H16N6O3/c1-4-5-16-8(12-13-14-16)6-15-9(18)10(19)17(7(2)3)11(15)20/h7H,4-6H2,1-3H3. The zero-order valence-corrected chi connectivity index (χ0v) is 11.6. The van der Waals surface area contributed by atoms with E-state index in [0.717, 1.165) is 16.2 Å². The first kappa shape index (κ1) is 14.1. The fraction of sp³-hybridized carbons (Fsp3) is 0.636. The molecule has 1 aliphatic heterocycles. The van der Waals surface area contributed by atoms with Gasteiger partial charge in [-0.05, 0) is 30.7 Å². The number of aryl methyl sites for hydroxylation is 1. The molecule has 0 bridgehead atoms. The predicted octanol–water partition coefficient (Wildman–Crippen LogP) is -0.218. The number of nitrogens with zero attached hydrogens (tertiary/aromatic N) is 6. The number of hydrogen-bond donors (Lipinski definition) is 0. The maximum atomic E-state index is 12.1. The third-order valence-electron chi connectivity index (χ3n) is 2.94. The minimum atomic E-state index is -0.838. The Balaban J connectivity index is 2.21. The molecule has 1 fully saturated rings. The Hall–Kier alpha value is -2.32. The van der Waals surface area contributed by atoms with Crippen molar-refractivity contribution in [3.05, 3.63) is 5.82 Å². The molecule has 2 rings (SSSR count). The summed E-state index contributed by atoms with van der Waals surface area (Å²) in [5.74, 6) is -1.26. The highest BCUT2D eigenvalue weighted by molar-refractivity contribution is 6.44. The van der Waals surface area contributed by atoms with E-state index in [-0.39, 0.29) is 12.6 Å². The molecular weight excluding hydrogens is 264 g/mol. The van der Waals surface area contributed by atoms with Crippen molar-refractivity contribution in [2.45, 2.75) is 46.3 Å². The number of rotatable bonds is 5. The lowest BCUT2D eigenvalue weighted by atomic mass is 10.3. The normalized spacial score (nSPS) is 15.9. The molecule has 0 aromatic carbocycles. The van der Waals surface area contributed by atoms with Gasteiger partial charge in [0.2, 0.25) is 0 Å². The summed E-state index contributed by atoms with van der Waals surface area (Å²) in [5, 5.41) is 11.1. The topological polar surface area (TPSA) is 101 Å². The number of imide groups is 2. The van der Waals surface area contributed by atoms with E-state index in [4.69, 9.17) is 0 Å². The van der Waals surface area contributed by atoms with Crippen LogP contribution in [0.25, 0.3) is 0 Å². The second-order valence-electron chi connectivity index (χ2n) is 4.76. The van der Waals surface area contributed by atoms with E-state index in [9.17, 15) is 14.4 Å². The van der Waals surface area contributed by atoms with Crippen molar-refractivity contribution in [2.24, 2.45) is 0 Å². The average Bonchev–Trinajstić information content (AvgIpc) is 2.89. The molecular formula is C11H16N6O3. The van der Waals surface area contributed by atoms with E-state index >= 15 is 0 Å². The van der Waals surface area contributed by atoms with E-state index in [2.05, 4.69) is 15.5 Å². The largest absolute Gasteiger partial charge is 0.334 e. The highest BCUT2D eigenvalue weighted by Gasteiger charge is 2.46. The molecule has 108 valence electrons. The fourth-order valence-electron chi connectivity index (χ4n) is 1.98. The van der Waals surface area contributed by atoms with Gasteiger partial charge in [-0.3, -0.25) is 14.5 Å². The average molecular weight is 280 g/mol.